The smallest absolute Gasteiger partial charge is 0.151 e. The Morgan fingerprint density at radius 3 is 2.67 bits per heavy atom. The van der Waals surface area contributed by atoms with E-state index in [2.05, 4.69) is 15.0 Å². The maximum absolute atomic E-state index is 6.02. The summed E-state index contributed by atoms with van der Waals surface area (Å²) in [5, 5.41) is 3.43. The minimum absolute atomic E-state index is 0.480. The molecule has 78 valence electrons. The van der Waals surface area contributed by atoms with Crippen LogP contribution in [0.3, 0.4) is 0 Å². The van der Waals surface area contributed by atoms with Crippen LogP contribution in [0.1, 0.15) is 22.1 Å². The number of rotatable bonds is 2. The minimum Gasteiger partial charge on any atom is -0.253 e. The van der Waals surface area contributed by atoms with Gasteiger partial charge in [-0.15, -0.1) is 11.3 Å². The predicted molar refractivity (Wildman–Crippen MR) is 61.4 cm³/mol. The molecule has 15 heavy (non-hydrogen) atoms. The molecule has 0 fully saturated rings. The van der Waals surface area contributed by atoms with Gasteiger partial charge in [-0.1, -0.05) is 11.6 Å². The Morgan fingerprint density at radius 1 is 1.27 bits per heavy atom. The highest BCUT2D eigenvalue weighted by Gasteiger charge is 2.08. The molecule has 0 saturated heterocycles. The van der Waals surface area contributed by atoms with Crippen molar-refractivity contribution >= 4 is 22.9 Å². The molecule has 2 rings (SSSR count). The van der Waals surface area contributed by atoms with Crippen LogP contribution in [0, 0.1) is 13.8 Å². The number of aryl methyl sites for hydroxylation is 2. The standard InChI is InChI=1S/C10H10ClN3S/c1-6-7(2)14-10(11)8(13-6)5-9-12-3-4-15-9/h3-4H,5H2,1-2H3. The van der Waals surface area contributed by atoms with Gasteiger partial charge in [-0.25, -0.2) is 9.97 Å². The van der Waals surface area contributed by atoms with Crippen LogP contribution in [0.2, 0.25) is 5.15 Å². The SMILES string of the molecule is Cc1nc(Cl)c(Cc2nccs2)nc1C. The lowest BCUT2D eigenvalue weighted by Gasteiger charge is -2.04. The van der Waals surface area contributed by atoms with E-state index in [1.807, 2.05) is 19.2 Å². The maximum atomic E-state index is 6.02. The highest BCUT2D eigenvalue weighted by molar-refractivity contribution is 7.09. The number of nitrogens with zero attached hydrogens (tertiary/aromatic N) is 3. The zero-order valence-corrected chi connectivity index (χ0v) is 10.1. The second-order valence-corrected chi connectivity index (χ2v) is 4.57. The number of hydrogen-bond acceptors (Lipinski definition) is 4. The van der Waals surface area contributed by atoms with Crippen molar-refractivity contribution in [3.8, 4) is 0 Å². The minimum atomic E-state index is 0.480. The molecule has 2 aromatic rings. The third-order valence-electron chi connectivity index (χ3n) is 2.13. The molecule has 3 nitrogen and oxygen atoms in total. The van der Waals surface area contributed by atoms with Gasteiger partial charge in [0.15, 0.2) is 5.15 Å². The Bertz CT molecular complexity index is 468. The van der Waals surface area contributed by atoms with E-state index in [1.54, 1.807) is 17.5 Å². The second kappa shape index (κ2) is 4.24. The summed E-state index contributed by atoms with van der Waals surface area (Å²) < 4.78 is 0. The summed E-state index contributed by atoms with van der Waals surface area (Å²) in [5.74, 6) is 0. The lowest BCUT2D eigenvalue weighted by molar-refractivity contribution is 0.953. The van der Waals surface area contributed by atoms with E-state index in [9.17, 15) is 0 Å². The zero-order chi connectivity index (χ0) is 10.8. The molecule has 0 aromatic carbocycles. The molecule has 0 unspecified atom stereocenters. The summed E-state index contributed by atoms with van der Waals surface area (Å²) in [6.07, 6.45) is 2.44. The second-order valence-electron chi connectivity index (χ2n) is 3.23. The molecule has 0 saturated carbocycles. The van der Waals surface area contributed by atoms with Crippen LogP contribution >= 0.6 is 22.9 Å². The zero-order valence-electron chi connectivity index (χ0n) is 8.49. The Kier molecular flexibility index (Phi) is 2.98. The van der Waals surface area contributed by atoms with E-state index in [4.69, 9.17) is 11.6 Å². The molecule has 0 spiro atoms. The van der Waals surface area contributed by atoms with Crippen molar-refractivity contribution in [2.75, 3.05) is 0 Å². The number of aromatic nitrogens is 3. The van der Waals surface area contributed by atoms with E-state index in [-0.39, 0.29) is 0 Å². The molecule has 0 N–H and O–H groups in total. The first-order valence-electron chi connectivity index (χ1n) is 4.55. The summed E-state index contributed by atoms with van der Waals surface area (Å²) >= 11 is 7.62. The Morgan fingerprint density at radius 2 is 2.00 bits per heavy atom. The van der Waals surface area contributed by atoms with Gasteiger partial charge >= 0.3 is 0 Å². The maximum Gasteiger partial charge on any atom is 0.151 e. The molecule has 0 aliphatic carbocycles. The molecule has 2 aromatic heterocycles. The first-order valence-corrected chi connectivity index (χ1v) is 5.80. The van der Waals surface area contributed by atoms with E-state index < -0.39 is 0 Å². The van der Waals surface area contributed by atoms with E-state index >= 15 is 0 Å². The average molecular weight is 240 g/mol. The van der Waals surface area contributed by atoms with Crippen molar-refractivity contribution in [3.63, 3.8) is 0 Å². The van der Waals surface area contributed by atoms with Crippen LogP contribution in [0.4, 0.5) is 0 Å². The molecule has 0 amide bonds. The van der Waals surface area contributed by atoms with Gasteiger partial charge in [0.1, 0.15) is 0 Å². The van der Waals surface area contributed by atoms with Gasteiger partial charge in [-0.3, -0.25) is 4.98 Å². The molecule has 0 atom stereocenters. The van der Waals surface area contributed by atoms with E-state index in [1.165, 1.54) is 0 Å². The van der Waals surface area contributed by atoms with E-state index in [0.717, 1.165) is 22.1 Å². The van der Waals surface area contributed by atoms with Gasteiger partial charge in [0.25, 0.3) is 0 Å². The lowest BCUT2D eigenvalue weighted by atomic mass is 10.3. The molecule has 0 aliphatic rings. The van der Waals surface area contributed by atoms with Crippen molar-refractivity contribution < 1.29 is 0 Å². The first-order chi connectivity index (χ1) is 7.16. The number of thiazole rings is 1. The van der Waals surface area contributed by atoms with Gasteiger partial charge in [-0.2, -0.15) is 0 Å². The summed E-state index contributed by atoms with van der Waals surface area (Å²) in [7, 11) is 0. The lowest BCUT2D eigenvalue weighted by Crippen LogP contribution is -2.00. The monoisotopic (exact) mass is 239 g/mol. The van der Waals surface area contributed by atoms with Crippen molar-refractivity contribution in [2.24, 2.45) is 0 Å². The van der Waals surface area contributed by atoms with Crippen LogP contribution in [-0.4, -0.2) is 15.0 Å². The quantitative estimate of drug-likeness (QED) is 0.809. The van der Waals surface area contributed by atoms with Gasteiger partial charge in [-0.05, 0) is 13.8 Å². The fourth-order valence-electron chi connectivity index (χ4n) is 1.22. The summed E-state index contributed by atoms with van der Waals surface area (Å²) in [4.78, 5) is 12.8. The highest BCUT2D eigenvalue weighted by Crippen LogP contribution is 2.18. The molecule has 5 heteroatoms. The van der Waals surface area contributed by atoms with E-state index in [0.29, 0.717) is 11.6 Å². The number of hydrogen-bond donors (Lipinski definition) is 0. The van der Waals surface area contributed by atoms with Crippen molar-refractivity contribution in [1.82, 2.24) is 15.0 Å². The predicted octanol–water partition coefficient (Wildman–Crippen LogP) is 2.79. The van der Waals surface area contributed by atoms with Crippen molar-refractivity contribution in [2.45, 2.75) is 20.3 Å². The normalized spacial score (nSPS) is 10.6. The summed E-state index contributed by atoms with van der Waals surface area (Å²) in [6, 6.07) is 0. The molecule has 0 radical (unpaired) electrons. The third-order valence-corrected chi connectivity index (χ3v) is 3.21. The van der Waals surface area contributed by atoms with Gasteiger partial charge in [0.2, 0.25) is 0 Å². The fraction of sp³-hybridized carbons (Fsp3) is 0.300. The molecule has 0 aliphatic heterocycles. The van der Waals surface area contributed by atoms with Crippen molar-refractivity contribution in [3.05, 3.63) is 38.8 Å². The fourth-order valence-corrected chi connectivity index (χ4v) is 2.07. The Balaban J connectivity index is 2.33. The van der Waals surface area contributed by atoms with Crippen LogP contribution in [0.25, 0.3) is 0 Å². The molecular formula is C10H10ClN3S. The summed E-state index contributed by atoms with van der Waals surface area (Å²) in [5.41, 5.74) is 2.60. The van der Waals surface area contributed by atoms with Crippen LogP contribution < -0.4 is 0 Å². The average Bonchev–Trinajstić information content (AvgIpc) is 2.67. The largest absolute Gasteiger partial charge is 0.253 e. The number of halogens is 1. The van der Waals surface area contributed by atoms with Crippen LogP contribution in [-0.2, 0) is 6.42 Å². The third kappa shape index (κ3) is 2.33. The van der Waals surface area contributed by atoms with Gasteiger partial charge < -0.3 is 0 Å². The van der Waals surface area contributed by atoms with Gasteiger partial charge in [0.05, 0.1) is 22.1 Å². The van der Waals surface area contributed by atoms with Gasteiger partial charge in [0, 0.05) is 18.0 Å². The van der Waals surface area contributed by atoms with Crippen molar-refractivity contribution in [1.29, 1.82) is 0 Å². The first kappa shape index (κ1) is 10.5. The van der Waals surface area contributed by atoms with Crippen LogP contribution in [0.5, 0.6) is 0 Å². The van der Waals surface area contributed by atoms with Crippen LogP contribution in [0.15, 0.2) is 11.6 Å². The molecule has 2 heterocycles. The topological polar surface area (TPSA) is 38.7 Å². The summed E-state index contributed by atoms with van der Waals surface area (Å²) in [6.45, 7) is 3.84. The Labute approximate surface area is 97.2 Å². The molecular weight excluding hydrogens is 230 g/mol. The Hall–Kier alpha value is -1.00. The highest BCUT2D eigenvalue weighted by atomic mass is 35.5. The molecule has 0 bridgehead atoms.